The molecule has 72 valence electrons. The fourth-order valence-electron chi connectivity index (χ4n) is 1.20. The van der Waals surface area contributed by atoms with Crippen molar-refractivity contribution in [2.45, 2.75) is 25.9 Å². The molecule has 0 aromatic heterocycles. The Balaban J connectivity index is 2.91. The highest BCUT2D eigenvalue weighted by molar-refractivity contribution is 5.20. The smallest absolute Gasteiger partial charge is 0.129 e. The van der Waals surface area contributed by atoms with Crippen molar-refractivity contribution in [3.8, 4) is 0 Å². The zero-order chi connectivity index (χ0) is 9.84. The Morgan fingerprint density at radius 3 is 2.69 bits per heavy atom. The summed E-state index contributed by atoms with van der Waals surface area (Å²) >= 11 is 0. The first kappa shape index (κ1) is 10.1. The van der Waals surface area contributed by atoms with Crippen LogP contribution in [0, 0.1) is 11.6 Å². The first-order valence-electron chi connectivity index (χ1n) is 4.28. The Bertz CT molecular complexity index is 286. The molecule has 0 amide bonds. The molecule has 0 spiro atoms. The van der Waals surface area contributed by atoms with Crippen molar-refractivity contribution in [1.82, 2.24) is 0 Å². The predicted molar refractivity (Wildman–Crippen MR) is 46.2 cm³/mol. The van der Waals surface area contributed by atoms with E-state index < -0.39 is 17.7 Å². The quantitative estimate of drug-likeness (QED) is 0.769. The molecule has 1 N–H and O–H groups in total. The van der Waals surface area contributed by atoms with Crippen LogP contribution in [-0.2, 0) is 0 Å². The highest BCUT2D eigenvalue weighted by atomic mass is 19.1. The average Bonchev–Trinajstić information content (AvgIpc) is 2.09. The van der Waals surface area contributed by atoms with Gasteiger partial charge in [0.15, 0.2) is 0 Å². The number of aliphatic hydroxyl groups excluding tert-OH is 1. The summed E-state index contributed by atoms with van der Waals surface area (Å²) in [5, 5.41) is 9.42. The number of hydrogen-bond acceptors (Lipinski definition) is 1. The first-order chi connectivity index (χ1) is 6.15. The number of benzene rings is 1. The van der Waals surface area contributed by atoms with Crippen LogP contribution in [0.2, 0.25) is 0 Å². The molecule has 1 aromatic carbocycles. The lowest BCUT2D eigenvalue weighted by atomic mass is 10.0. The fraction of sp³-hybridized carbons (Fsp3) is 0.400. The molecule has 0 radical (unpaired) electrons. The van der Waals surface area contributed by atoms with E-state index in [1.165, 1.54) is 0 Å². The molecule has 0 aliphatic rings. The third-order valence-electron chi connectivity index (χ3n) is 1.88. The fourth-order valence-corrected chi connectivity index (χ4v) is 1.20. The lowest BCUT2D eigenvalue weighted by Gasteiger charge is -2.10. The zero-order valence-electron chi connectivity index (χ0n) is 7.43. The molecule has 3 heteroatoms. The molecule has 0 bridgehead atoms. The molecule has 13 heavy (non-hydrogen) atoms. The van der Waals surface area contributed by atoms with Crippen molar-refractivity contribution < 1.29 is 13.9 Å². The van der Waals surface area contributed by atoms with Gasteiger partial charge in [-0.05, 0) is 24.6 Å². The standard InChI is InChI=1S/C10H12F2O/c1-2-3-10(13)8-6-7(11)4-5-9(8)12/h4-6,10,13H,2-3H2,1H3/t10-/m1/s1. The van der Waals surface area contributed by atoms with Crippen LogP contribution < -0.4 is 0 Å². The van der Waals surface area contributed by atoms with Gasteiger partial charge in [-0.2, -0.15) is 0 Å². The van der Waals surface area contributed by atoms with E-state index in [4.69, 9.17) is 0 Å². The van der Waals surface area contributed by atoms with Gasteiger partial charge in [-0.1, -0.05) is 13.3 Å². The van der Waals surface area contributed by atoms with Crippen LogP contribution in [0.15, 0.2) is 18.2 Å². The molecule has 1 nitrogen and oxygen atoms in total. The van der Waals surface area contributed by atoms with Crippen molar-refractivity contribution in [2.24, 2.45) is 0 Å². The number of hydrogen-bond donors (Lipinski definition) is 1. The Morgan fingerprint density at radius 1 is 1.38 bits per heavy atom. The Hall–Kier alpha value is -0.960. The Morgan fingerprint density at radius 2 is 2.08 bits per heavy atom. The van der Waals surface area contributed by atoms with E-state index >= 15 is 0 Å². The van der Waals surface area contributed by atoms with Crippen LogP contribution in [0.4, 0.5) is 8.78 Å². The second-order valence-electron chi connectivity index (χ2n) is 2.97. The van der Waals surface area contributed by atoms with Crippen molar-refractivity contribution in [3.63, 3.8) is 0 Å². The van der Waals surface area contributed by atoms with Crippen LogP contribution in [0.25, 0.3) is 0 Å². The van der Waals surface area contributed by atoms with E-state index in [0.717, 1.165) is 24.6 Å². The van der Waals surface area contributed by atoms with E-state index in [0.29, 0.717) is 6.42 Å². The lowest BCUT2D eigenvalue weighted by molar-refractivity contribution is 0.161. The number of halogens is 2. The second-order valence-corrected chi connectivity index (χ2v) is 2.97. The molecule has 0 unspecified atom stereocenters. The molecule has 0 heterocycles. The van der Waals surface area contributed by atoms with Gasteiger partial charge in [-0.15, -0.1) is 0 Å². The normalized spacial score (nSPS) is 12.9. The molecule has 0 aliphatic carbocycles. The minimum absolute atomic E-state index is 0.0434. The molecular weight excluding hydrogens is 174 g/mol. The van der Waals surface area contributed by atoms with E-state index in [9.17, 15) is 13.9 Å². The first-order valence-corrected chi connectivity index (χ1v) is 4.28. The Labute approximate surface area is 76.0 Å². The average molecular weight is 186 g/mol. The van der Waals surface area contributed by atoms with Crippen LogP contribution >= 0.6 is 0 Å². The second kappa shape index (κ2) is 4.33. The van der Waals surface area contributed by atoms with Gasteiger partial charge in [0, 0.05) is 5.56 Å². The van der Waals surface area contributed by atoms with Gasteiger partial charge >= 0.3 is 0 Å². The minimum Gasteiger partial charge on any atom is -0.388 e. The van der Waals surface area contributed by atoms with Gasteiger partial charge in [0.25, 0.3) is 0 Å². The molecule has 1 atom stereocenters. The summed E-state index contributed by atoms with van der Waals surface area (Å²) < 4.78 is 25.7. The highest BCUT2D eigenvalue weighted by Gasteiger charge is 2.12. The minimum atomic E-state index is -0.902. The summed E-state index contributed by atoms with van der Waals surface area (Å²) in [5.41, 5.74) is 0.0434. The van der Waals surface area contributed by atoms with Crippen LogP contribution in [0.5, 0.6) is 0 Å². The van der Waals surface area contributed by atoms with E-state index in [1.807, 2.05) is 6.92 Å². The maximum absolute atomic E-state index is 13.0. The summed E-state index contributed by atoms with van der Waals surface area (Å²) in [6.45, 7) is 1.88. The lowest BCUT2D eigenvalue weighted by Crippen LogP contribution is -2.00. The molecular formula is C10H12F2O. The maximum atomic E-state index is 13.0. The third kappa shape index (κ3) is 2.49. The van der Waals surface area contributed by atoms with E-state index in [1.54, 1.807) is 0 Å². The monoisotopic (exact) mass is 186 g/mol. The van der Waals surface area contributed by atoms with Crippen LogP contribution in [-0.4, -0.2) is 5.11 Å². The molecule has 0 saturated heterocycles. The zero-order valence-corrected chi connectivity index (χ0v) is 7.43. The summed E-state index contributed by atoms with van der Waals surface area (Å²) in [6.07, 6.45) is 0.276. The van der Waals surface area contributed by atoms with Crippen LogP contribution in [0.3, 0.4) is 0 Å². The Kier molecular flexibility index (Phi) is 3.37. The number of rotatable bonds is 3. The largest absolute Gasteiger partial charge is 0.388 e. The molecule has 0 saturated carbocycles. The van der Waals surface area contributed by atoms with Crippen molar-refractivity contribution >= 4 is 0 Å². The topological polar surface area (TPSA) is 20.2 Å². The van der Waals surface area contributed by atoms with E-state index in [-0.39, 0.29) is 5.56 Å². The summed E-state index contributed by atoms with van der Waals surface area (Å²) in [7, 11) is 0. The summed E-state index contributed by atoms with van der Waals surface area (Å²) in [5.74, 6) is -1.08. The van der Waals surface area contributed by atoms with Gasteiger partial charge in [0.05, 0.1) is 6.10 Å². The molecule has 1 aromatic rings. The van der Waals surface area contributed by atoms with Crippen molar-refractivity contribution in [3.05, 3.63) is 35.4 Å². The number of aliphatic hydroxyl groups is 1. The molecule has 1 rings (SSSR count). The van der Waals surface area contributed by atoms with Gasteiger partial charge in [0.2, 0.25) is 0 Å². The van der Waals surface area contributed by atoms with Gasteiger partial charge in [-0.3, -0.25) is 0 Å². The molecule has 0 aliphatic heterocycles. The summed E-state index contributed by atoms with van der Waals surface area (Å²) in [6, 6.07) is 3.11. The maximum Gasteiger partial charge on any atom is 0.129 e. The van der Waals surface area contributed by atoms with Crippen molar-refractivity contribution in [2.75, 3.05) is 0 Å². The van der Waals surface area contributed by atoms with Crippen molar-refractivity contribution in [1.29, 1.82) is 0 Å². The van der Waals surface area contributed by atoms with Gasteiger partial charge in [0.1, 0.15) is 11.6 Å². The van der Waals surface area contributed by atoms with Crippen LogP contribution in [0.1, 0.15) is 31.4 Å². The third-order valence-corrected chi connectivity index (χ3v) is 1.88. The SMILES string of the molecule is CCC[C@@H](O)c1cc(F)ccc1F. The van der Waals surface area contributed by atoms with Gasteiger partial charge < -0.3 is 5.11 Å². The van der Waals surface area contributed by atoms with E-state index in [2.05, 4.69) is 0 Å². The van der Waals surface area contributed by atoms with Gasteiger partial charge in [-0.25, -0.2) is 8.78 Å². The highest BCUT2D eigenvalue weighted by Crippen LogP contribution is 2.21. The predicted octanol–water partition coefficient (Wildman–Crippen LogP) is 2.80. The summed E-state index contributed by atoms with van der Waals surface area (Å²) in [4.78, 5) is 0. The molecule has 0 fully saturated rings.